The highest BCUT2D eigenvalue weighted by Gasteiger charge is 2.24. The van der Waals surface area contributed by atoms with E-state index in [9.17, 15) is 9.50 Å². The molecule has 2 bridgehead atoms. The largest absolute Gasteiger partial charge is 0.479 e. The maximum atomic E-state index is 14.2. The second-order valence-corrected chi connectivity index (χ2v) is 7.22. The van der Waals surface area contributed by atoms with Crippen LogP contribution in [0.4, 0.5) is 10.2 Å². The van der Waals surface area contributed by atoms with Crippen LogP contribution in [0.15, 0.2) is 48.4 Å². The zero-order valence-electron chi connectivity index (χ0n) is 17.2. The molecule has 162 valence electrons. The van der Waals surface area contributed by atoms with Crippen molar-refractivity contribution < 1.29 is 14.2 Å². The Morgan fingerprint density at radius 2 is 2.16 bits per heavy atom. The number of hydrogen-bond donors (Lipinski definition) is 4. The van der Waals surface area contributed by atoms with Crippen LogP contribution < -0.4 is 21.5 Å². The number of aliphatic hydroxyl groups excluding tert-OH is 1. The fraction of sp³-hybridized carbons (Fsp3) is 0.273. The molecule has 1 atom stereocenters. The standard InChI is InChI=1S/C22H25FN6O2/c1-2-26-20-13-7-18(21(25)28-10-13)31-19(12-30)17-8-15(23)3-4-16(17)22-27-5-6-29(22)11-14(20)9-24/h3-8,10,19,26,30H,2,9,11-12,24H2,1H3,(H2,25,28)/b20-14+. The molecule has 0 fully saturated rings. The smallest absolute Gasteiger partial charge is 0.166 e. The molecule has 1 aliphatic heterocycles. The fourth-order valence-corrected chi connectivity index (χ4v) is 3.78. The van der Waals surface area contributed by atoms with Crippen LogP contribution in [0.2, 0.25) is 0 Å². The number of rotatable bonds is 4. The third kappa shape index (κ3) is 3.97. The van der Waals surface area contributed by atoms with E-state index < -0.39 is 11.9 Å². The predicted molar refractivity (Wildman–Crippen MR) is 116 cm³/mol. The average molecular weight is 424 g/mol. The maximum Gasteiger partial charge on any atom is 0.166 e. The number of nitrogens with one attached hydrogen (secondary N) is 1. The third-order valence-electron chi connectivity index (χ3n) is 5.24. The van der Waals surface area contributed by atoms with Crippen molar-refractivity contribution >= 4 is 11.5 Å². The van der Waals surface area contributed by atoms with Crippen LogP contribution in [0, 0.1) is 5.82 Å². The summed E-state index contributed by atoms with van der Waals surface area (Å²) in [6.45, 7) is 3.06. The van der Waals surface area contributed by atoms with E-state index in [-0.39, 0.29) is 12.4 Å². The molecule has 1 aromatic carbocycles. The number of ether oxygens (including phenoxy) is 1. The van der Waals surface area contributed by atoms with E-state index in [1.165, 1.54) is 12.1 Å². The maximum absolute atomic E-state index is 14.2. The molecule has 4 rings (SSSR count). The number of pyridine rings is 1. The zero-order valence-corrected chi connectivity index (χ0v) is 17.2. The van der Waals surface area contributed by atoms with Crippen LogP contribution in [-0.4, -0.2) is 39.3 Å². The molecule has 1 aliphatic rings. The van der Waals surface area contributed by atoms with E-state index in [0.29, 0.717) is 42.3 Å². The number of fused-ring (bicyclic) bond motifs is 5. The predicted octanol–water partition coefficient (Wildman–Crippen LogP) is 2.07. The highest BCUT2D eigenvalue weighted by molar-refractivity contribution is 5.70. The van der Waals surface area contributed by atoms with E-state index >= 15 is 0 Å². The van der Waals surface area contributed by atoms with Crippen molar-refractivity contribution in [1.82, 2.24) is 19.9 Å². The number of imidazole rings is 1. The van der Waals surface area contributed by atoms with Gasteiger partial charge in [-0.15, -0.1) is 0 Å². The number of nitrogen functional groups attached to an aromatic ring is 1. The summed E-state index contributed by atoms with van der Waals surface area (Å²) in [6.07, 6.45) is 4.31. The van der Waals surface area contributed by atoms with Gasteiger partial charge in [0.05, 0.1) is 6.61 Å². The summed E-state index contributed by atoms with van der Waals surface area (Å²) < 4.78 is 22.2. The number of nitrogens with two attached hydrogens (primary N) is 2. The lowest BCUT2D eigenvalue weighted by Crippen LogP contribution is -2.22. The summed E-state index contributed by atoms with van der Waals surface area (Å²) >= 11 is 0. The molecule has 3 aromatic rings. The van der Waals surface area contributed by atoms with E-state index in [2.05, 4.69) is 15.3 Å². The van der Waals surface area contributed by atoms with E-state index in [0.717, 1.165) is 16.8 Å². The number of nitrogens with zero attached hydrogens (tertiary/aromatic N) is 3. The van der Waals surface area contributed by atoms with Crippen LogP contribution in [0.1, 0.15) is 24.2 Å². The van der Waals surface area contributed by atoms with Crippen LogP contribution in [0.5, 0.6) is 5.75 Å². The number of aromatic nitrogens is 3. The molecule has 0 spiro atoms. The Kier molecular flexibility index (Phi) is 5.88. The van der Waals surface area contributed by atoms with Gasteiger partial charge in [-0.3, -0.25) is 0 Å². The lowest BCUT2D eigenvalue weighted by atomic mass is 10.0. The molecule has 0 amide bonds. The molecule has 3 heterocycles. The van der Waals surface area contributed by atoms with Gasteiger partial charge in [0.1, 0.15) is 17.7 Å². The Morgan fingerprint density at radius 3 is 2.90 bits per heavy atom. The summed E-state index contributed by atoms with van der Waals surface area (Å²) in [5.41, 5.74) is 15.8. The monoisotopic (exact) mass is 424 g/mol. The van der Waals surface area contributed by atoms with Gasteiger partial charge in [-0.1, -0.05) is 0 Å². The van der Waals surface area contributed by atoms with E-state index in [1.807, 2.05) is 17.7 Å². The van der Waals surface area contributed by atoms with Crippen LogP contribution in [0.25, 0.3) is 17.1 Å². The molecule has 0 radical (unpaired) electrons. The number of aliphatic hydroxyl groups is 1. The highest BCUT2D eigenvalue weighted by Crippen LogP contribution is 2.35. The van der Waals surface area contributed by atoms with Crippen molar-refractivity contribution in [3.63, 3.8) is 0 Å². The summed E-state index contributed by atoms with van der Waals surface area (Å²) in [5, 5.41) is 13.5. The number of anilines is 1. The molecule has 0 aliphatic carbocycles. The van der Waals surface area contributed by atoms with Crippen molar-refractivity contribution in [3.8, 4) is 17.1 Å². The summed E-state index contributed by atoms with van der Waals surface area (Å²) in [7, 11) is 0. The Labute approximate surface area is 179 Å². The van der Waals surface area contributed by atoms with Crippen LogP contribution >= 0.6 is 0 Å². The summed E-state index contributed by atoms with van der Waals surface area (Å²) in [6, 6.07) is 6.10. The fourth-order valence-electron chi connectivity index (χ4n) is 3.78. The molecule has 0 saturated carbocycles. The van der Waals surface area contributed by atoms with Crippen LogP contribution in [-0.2, 0) is 6.54 Å². The lowest BCUT2D eigenvalue weighted by molar-refractivity contribution is 0.117. The second kappa shape index (κ2) is 8.75. The van der Waals surface area contributed by atoms with Gasteiger partial charge in [0.15, 0.2) is 11.6 Å². The quantitative estimate of drug-likeness (QED) is 0.505. The molecular formula is C22H25FN6O2. The van der Waals surface area contributed by atoms with Crippen molar-refractivity contribution in [2.75, 3.05) is 25.4 Å². The van der Waals surface area contributed by atoms with Gasteiger partial charge in [0.25, 0.3) is 0 Å². The van der Waals surface area contributed by atoms with Crippen molar-refractivity contribution in [2.45, 2.75) is 19.6 Å². The van der Waals surface area contributed by atoms with Crippen LogP contribution in [0.3, 0.4) is 0 Å². The lowest BCUT2D eigenvalue weighted by Gasteiger charge is -2.24. The number of benzene rings is 1. The van der Waals surface area contributed by atoms with E-state index in [1.54, 1.807) is 24.5 Å². The van der Waals surface area contributed by atoms with E-state index in [4.69, 9.17) is 16.2 Å². The van der Waals surface area contributed by atoms with Crippen molar-refractivity contribution in [2.24, 2.45) is 5.73 Å². The van der Waals surface area contributed by atoms with Gasteiger partial charge in [-0.2, -0.15) is 0 Å². The van der Waals surface area contributed by atoms with Gasteiger partial charge in [-0.05, 0) is 36.8 Å². The molecule has 1 unspecified atom stereocenters. The molecule has 2 aromatic heterocycles. The Bertz CT molecular complexity index is 1130. The molecule has 8 nitrogen and oxygen atoms in total. The Hall–Kier alpha value is -3.43. The average Bonchev–Trinajstić information content (AvgIpc) is 3.23. The molecular weight excluding hydrogens is 399 g/mol. The third-order valence-corrected chi connectivity index (χ3v) is 5.24. The van der Waals surface area contributed by atoms with Gasteiger partial charge in [-0.25, -0.2) is 14.4 Å². The molecule has 0 saturated heterocycles. The first-order valence-electron chi connectivity index (χ1n) is 10.1. The minimum atomic E-state index is -0.866. The normalized spacial score (nSPS) is 18.3. The molecule has 31 heavy (non-hydrogen) atoms. The Morgan fingerprint density at radius 1 is 1.32 bits per heavy atom. The van der Waals surface area contributed by atoms with Gasteiger partial charge < -0.3 is 31.2 Å². The minimum Gasteiger partial charge on any atom is -0.479 e. The first-order chi connectivity index (χ1) is 15.0. The minimum absolute atomic E-state index is 0.170. The van der Waals surface area contributed by atoms with Gasteiger partial charge in [0.2, 0.25) is 0 Å². The first-order valence-corrected chi connectivity index (χ1v) is 10.1. The van der Waals surface area contributed by atoms with Gasteiger partial charge >= 0.3 is 0 Å². The van der Waals surface area contributed by atoms with Gasteiger partial charge in [0, 0.05) is 60.6 Å². The molecule has 6 N–H and O–H groups in total. The Balaban J connectivity index is 2.01. The first kappa shape index (κ1) is 20.8. The summed E-state index contributed by atoms with van der Waals surface area (Å²) in [5.74, 6) is 0.642. The second-order valence-electron chi connectivity index (χ2n) is 7.22. The topological polar surface area (TPSA) is 124 Å². The number of halogens is 1. The number of hydrogen-bond acceptors (Lipinski definition) is 7. The van der Waals surface area contributed by atoms with Crippen molar-refractivity contribution in [3.05, 3.63) is 65.4 Å². The zero-order chi connectivity index (χ0) is 22.0. The van der Waals surface area contributed by atoms with Crippen molar-refractivity contribution in [1.29, 1.82) is 0 Å². The summed E-state index contributed by atoms with van der Waals surface area (Å²) in [4.78, 5) is 8.76. The highest BCUT2D eigenvalue weighted by atomic mass is 19.1. The molecule has 9 heteroatoms. The SMILES string of the molecule is CCN/C1=C(\CN)Cn2ccnc2-c2ccc(F)cc2C(CO)Oc2cc1cnc2N.